The Labute approximate surface area is 145 Å². The highest BCUT2D eigenvalue weighted by Crippen LogP contribution is 2.25. The number of likely N-dealkylation sites (tertiary alicyclic amines) is 2. The molecule has 2 aliphatic heterocycles. The van der Waals surface area contributed by atoms with Crippen molar-refractivity contribution in [1.82, 2.24) is 9.80 Å². The third-order valence-corrected chi connectivity index (χ3v) is 5.20. The molecule has 0 aromatic rings. The van der Waals surface area contributed by atoms with Gasteiger partial charge in [-0.3, -0.25) is 9.59 Å². The zero-order chi connectivity index (χ0) is 17.5. The van der Waals surface area contributed by atoms with Crippen molar-refractivity contribution in [3.8, 4) is 0 Å². The number of ether oxygens (including phenoxy) is 1. The zero-order valence-corrected chi connectivity index (χ0v) is 15.2. The highest BCUT2D eigenvalue weighted by molar-refractivity contribution is 5.89. The van der Waals surface area contributed by atoms with E-state index in [0.29, 0.717) is 26.1 Å². The van der Waals surface area contributed by atoms with Crippen LogP contribution in [0.2, 0.25) is 0 Å². The van der Waals surface area contributed by atoms with Crippen molar-refractivity contribution < 1.29 is 14.3 Å². The van der Waals surface area contributed by atoms with E-state index in [1.54, 1.807) is 0 Å². The predicted molar refractivity (Wildman–Crippen MR) is 93.4 cm³/mol. The quantitative estimate of drug-likeness (QED) is 0.678. The Kier molecular flexibility index (Phi) is 7.49. The van der Waals surface area contributed by atoms with Crippen molar-refractivity contribution in [3.05, 3.63) is 0 Å². The van der Waals surface area contributed by atoms with E-state index in [9.17, 15) is 9.59 Å². The summed E-state index contributed by atoms with van der Waals surface area (Å²) in [5, 5.41) is 0. The van der Waals surface area contributed by atoms with Crippen LogP contribution in [0.4, 0.5) is 0 Å². The van der Waals surface area contributed by atoms with Gasteiger partial charge in [0.2, 0.25) is 11.8 Å². The van der Waals surface area contributed by atoms with Gasteiger partial charge in [-0.05, 0) is 39.2 Å². The van der Waals surface area contributed by atoms with Gasteiger partial charge in [0.1, 0.15) is 0 Å². The lowest BCUT2D eigenvalue weighted by Gasteiger charge is -2.33. The molecule has 0 saturated carbocycles. The molecule has 24 heavy (non-hydrogen) atoms. The molecule has 2 atom stereocenters. The molecule has 2 rings (SSSR count). The second-order valence-corrected chi connectivity index (χ2v) is 7.12. The standard InChI is InChI=1S/C18H33N3O3/c1-3-5-14(2)21-13-15(12-17(21)22)18(23)20-9-6-16(7-10-20)24-11-4-8-19/h14-16H,3-13,19H2,1-2H3. The maximum Gasteiger partial charge on any atom is 0.227 e. The van der Waals surface area contributed by atoms with Crippen molar-refractivity contribution in [1.29, 1.82) is 0 Å². The molecule has 2 aliphatic rings. The van der Waals surface area contributed by atoms with E-state index >= 15 is 0 Å². The summed E-state index contributed by atoms with van der Waals surface area (Å²) < 4.78 is 5.79. The van der Waals surface area contributed by atoms with Crippen LogP contribution in [0.3, 0.4) is 0 Å². The topological polar surface area (TPSA) is 75.9 Å². The van der Waals surface area contributed by atoms with Crippen LogP contribution < -0.4 is 5.73 Å². The minimum atomic E-state index is -0.161. The summed E-state index contributed by atoms with van der Waals surface area (Å²) in [6.45, 7) is 7.63. The molecule has 0 aromatic carbocycles. The van der Waals surface area contributed by atoms with Crippen LogP contribution >= 0.6 is 0 Å². The molecule has 0 aromatic heterocycles. The van der Waals surface area contributed by atoms with Crippen LogP contribution in [0.5, 0.6) is 0 Å². The van der Waals surface area contributed by atoms with Crippen LogP contribution in [-0.4, -0.2) is 66.5 Å². The highest BCUT2D eigenvalue weighted by Gasteiger charge is 2.38. The van der Waals surface area contributed by atoms with Crippen molar-refractivity contribution >= 4 is 11.8 Å². The van der Waals surface area contributed by atoms with Gasteiger partial charge in [-0.1, -0.05) is 13.3 Å². The smallest absolute Gasteiger partial charge is 0.227 e. The lowest BCUT2D eigenvalue weighted by atomic mass is 10.0. The van der Waals surface area contributed by atoms with Gasteiger partial charge in [-0.2, -0.15) is 0 Å². The van der Waals surface area contributed by atoms with Crippen molar-refractivity contribution in [2.45, 2.75) is 64.5 Å². The molecule has 138 valence electrons. The first-order chi connectivity index (χ1) is 11.6. The van der Waals surface area contributed by atoms with E-state index in [1.807, 2.05) is 9.80 Å². The molecular weight excluding hydrogens is 306 g/mol. The summed E-state index contributed by atoms with van der Waals surface area (Å²) >= 11 is 0. The second-order valence-electron chi connectivity index (χ2n) is 7.12. The number of hydrogen-bond donors (Lipinski definition) is 1. The van der Waals surface area contributed by atoms with Gasteiger partial charge in [-0.15, -0.1) is 0 Å². The Bertz CT molecular complexity index is 422. The maximum atomic E-state index is 12.7. The number of piperidine rings is 1. The maximum absolute atomic E-state index is 12.7. The average Bonchev–Trinajstić information content (AvgIpc) is 2.97. The normalized spacial score (nSPS) is 23.8. The van der Waals surface area contributed by atoms with Crippen LogP contribution in [-0.2, 0) is 14.3 Å². The number of nitrogens with zero attached hydrogens (tertiary/aromatic N) is 2. The summed E-state index contributed by atoms with van der Waals surface area (Å²) in [4.78, 5) is 28.8. The summed E-state index contributed by atoms with van der Waals surface area (Å²) in [5.41, 5.74) is 5.47. The van der Waals surface area contributed by atoms with Gasteiger partial charge in [0.15, 0.2) is 0 Å². The Morgan fingerprint density at radius 2 is 2.08 bits per heavy atom. The van der Waals surface area contributed by atoms with Crippen molar-refractivity contribution in [3.63, 3.8) is 0 Å². The molecule has 0 bridgehead atoms. The minimum Gasteiger partial charge on any atom is -0.378 e. The molecule has 2 saturated heterocycles. The molecule has 2 amide bonds. The molecule has 6 heteroatoms. The first-order valence-electron chi connectivity index (χ1n) is 9.46. The lowest BCUT2D eigenvalue weighted by molar-refractivity contribution is -0.138. The highest BCUT2D eigenvalue weighted by atomic mass is 16.5. The van der Waals surface area contributed by atoms with Crippen LogP contribution in [0.15, 0.2) is 0 Å². The van der Waals surface area contributed by atoms with E-state index in [4.69, 9.17) is 10.5 Å². The van der Waals surface area contributed by atoms with Gasteiger partial charge >= 0.3 is 0 Å². The summed E-state index contributed by atoms with van der Waals surface area (Å²) in [6.07, 6.45) is 5.32. The van der Waals surface area contributed by atoms with Gasteiger partial charge < -0.3 is 20.3 Å². The monoisotopic (exact) mass is 339 g/mol. The number of nitrogens with two attached hydrogens (primary N) is 1. The third-order valence-electron chi connectivity index (χ3n) is 5.20. The minimum absolute atomic E-state index is 0.134. The Morgan fingerprint density at radius 1 is 1.38 bits per heavy atom. The Balaban J connectivity index is 1.78. The molecule has 2 unspecified atom stereocenters. The number of rotatable bonds is 8. The van der Waals surface area contributed by atoms with Gasteiger partial charge in [-0.25, -0.2) is 0 Å². The van der Waals surface area contributed by atoms with E-state index < -0.39 is 0 Å². The number of carbonyl (C=O) groups excluding carboxylic acids is 2. The van der Waals surface area contributed by atoms with E-state index in [1.165, 1.54) is 0 Å². The van der Waals surface area contributed by atoms with Gasteiger partial charge in [0.05, 0.1) is 12.0 Å². The SMILES string of the molecule is CCCC(C)N1CC(C(=O)N2CCC(OCCCN)CC2)CC1=O. The fourth-order valence-corrected chi connectivity index (χ4v) is 3.73. The molecule has 2 heterocycles. The number of hydrogen-bond acceptors (Lipinski definition) is 4. The fraction of sp³-hybridized carbons (Fsp3) is 0.889. The first kappa shape index (κ1) is 19.2. The average molecular weight is 339 g/mol. The van der Waals surface area contributed by atoms with Crippen molar-refractivity contribution in [2.24, 2.45) is 11.7 Å². The third kappa shape index (κ3) is 4.93. The van der Waals surface area contributed by atoms with Crippen molar-refractivity contribution in [2.75, 3.05) is 32.8 Å². The summed E-state index contributed by atoms with van der Waals surface area (Å²) in [6, 6.07) is 0.238. The second kappa shape index (κ2) is 9.37. The van der Waals surface area contributed by atoms with Gasteiger partial charge in [0.25, 0.3) is 0 Å². The molecule has 0 aliphatic carbocycles. The first-order valence-corrected chi connectivity index (χ1v) is 9.46. The van der Waals surface area contributed by atoms with Crippen LogP contribution in [0, 0.1) is 5.92 Å². The Hall–Kier alpha value is -1.14. The number of carbonyl (C=O) groups is 2. The van der Waals surface area contributed by atoms with Crippen LogP contribution in [0.25, 0.3) is 0 Å². The van der Waals surface area contributed by atoms with Crippen LogP contribution in [0.1, 0.15) is 52.4 Å². The molecule has 2 fully saturated rings. The molecular formula is C18H33N3O3. The largest absolute Gasteiger partial charge is 0.378 e. The fourth-order valence-electron chi connectivity index (χ4n) is 3.73. The zero-order valence-electron chi connectivity index (χ0n) is 15.2. The molecule has 6 nitrogen and oxygen atoms in total. The molecule has 2 N–H and O–H groups in total. The summed E-state index contributed by atoms with van der Waals surface area (Å²) in [5.74, 6) is 0.121. The summed E-state index contributed by atoms with van der Waals surface area (Å²) in [7, 11) is 0. The number of amides is 2. The molecule has 0 radical (unpaired) electrons. The lowest BCUT2D eigenvalue weighted by Crippen LogP contribution is -2.44. The van der Waals surface area contributed by atoms with Gasteiger partial charge in [0, 0.05) is 38.7 Å². The van der Waals surface area contributed by atoms with E-state index in [0.717, 1.165) is 45.2 Å². The van der Waals surface area contributed by atoms with E-state index in [2.05, 4.69) is 13.8 Å². The van der Waals surface area contributed by atoms with E-state index in [-0.39, 0.29) is 29.9 Å². The predicted octanol–water partition coefficient (Wildman–Crippen LogP) is 1.38. The molecule has 0 spiro atoms. The Morgan fingerprint density at radius 3 is 2.71 bits per heavy atom.